The number of likely N-dealkylation sites (tertiary alicyclic amines) is 1. The standard InChI is InChI=1S/C20H26N4O3S/c1-4-24-8-14(7-19(24)25)21-20(26)17-11-28-18-10-23(6-5-15(17)18)9-16-12(2)22-27-13(16)3/h11,14H,4-10H2,1-3H3,(H,21,26)/t14-/m0/s1. The predicted molar refractivity (Wildman–Crippen MR) is 106 cm³/mol. The van der Waals surface area contributed by atoms with Gasteiger partial charge in [-0.1, -0.05) is 5.16 Å². The third-order valence-electron chi connectivity index (χ3n) is 5.76. The summed E-state index contributed by atoms with van der Waals surface area (Å²) in [5, 5.41) is 9.07. The Bertz CT molecular complexity index is 884. The third kappa shape index (κ3) is 3.58. The van der Waals surface area contributed by atoms with E-state index in [0.717, 1.165) is 54.2 Å². The van der Waals surface area contributed by atoms with Gasteiger partial charge in [0.25, 0.3) is 5.91 Å². The number of nitrogens with zero attached hydrogens (tertiary/aromatic N) is 3. The quantitative estimate of drug-likeness (QED) is 0.830. The summed E-state index contributed by atoms with van der Waals surface area (Å²) in [6.45, 7) is 9.75. The molecule has 2 amide bonds. The summed E-state index contributed by atoms with van der Waals surface area (Å²) in [5.41, 5.74) is 4.04. The molecule has 28 heavy (non-hydrogen) atoms. The van der Waals surface area contributed by atoms with E-state index in [-0.39, 0.29) is 17.9 Å². The van der Waals surface area contributed by atoms with Crippen molar-refractivity contribution in [3.63, 3.8) is 0 Å². The van der Waals surface area contributed by atoms with Crippen molar-refractivity contribution < 1.29 is 14.1 Å². The normalized spacial score (nSPS) is 19.9. The summed E-state index contributed by atoms with van der Waals surface area (Å²) in [5.74, 6) is 0.948. The van der Waals surface area contributed by atoms with Crippen LogP contribution in [0.2, 0.25) is 0 Å². The fourth-order valence-electron chi connectivity index (χ4n) is 4.10. The van der Waals surface area contributed by atoms with E-state index in [1.54, 1.807) is 16.2 Å². The van der Waals surface area contributed by atoms with Crippen molar-refractivity contribution in [2.24, 2.45) is 0 Å². The first-order chi connectivity index (χ1) is 13.5. The number of thiophene rings is 1. The zero-order valence-corrected chi connectivity index (χ0v) is 17.4. The van der Waals surface area contributed by atoms with Crippen molar-refractivity contribution in [3.8, 4) is 0 Å². The molecule has 0 saturated carbocycles. The lowest BCUT2D eigenvalue weighted by Crippen LogP contribution is -2.38. The van der Waals surface area contributed by atoms with Crippen LogP contribution in [-0.4, -0.2) is 52.4 Å². The SMILES string of the molecule is CCN1C[C@@H](NC(=O)c2csc3c2CCN(Cc2c(C)noc2C)C3)CC1=O. The summed E-state index contributed by atoms with van der Waals surface area (Å²) >= 11 is 1.65. The number of rotatable bonds is 5. The van der Waals surface area contributed by atoms with Gasteiger partial charge in [0.1, 0.15) is 5.76 Å². The lowest BCUT2D eigenvalue weighted by Gasteiger charge is -2.27. The molecule has 4 rings (SSSR count). The Morgan fingerprint density at radius 3 is 2.93 bits per heavy atom. The maximum absolute atomic E-state index is 12.8. The first kappa shape index (κ1) is 19.1. The minimum Gasteiger partial charge on any atom is -0.361 e. The molecule has 8 heteroatoms. The average molecular weight is 403 g/mol. The van der Waals surface area contributed by atoms with Gasteiger partial charge < -0.3 is 14.7 Å². The number of hydrogen-bond donors (Lipinski definition) is 1. The number of carbonyl (C=O) groups is 2. The van der Waals surface area contributed by atoms with Gasteiger partial charge in [0.05, 0.1) is 17.3 Å². The van der Waals surface area contributed by atoms with E-state index >= 15 is 0 Å². The van der Waals surface area contributed by atoms with Crippen LogP contribution in [0.5, 0.6) is 0 Å². The van der Waals surface area contributed by atoms with Crippen molar-refractivity contribution in [2.45, 2.75) is 52.7 Å². The second-order valence-electron chi connectivity index (χ2n) is 7.62. The maximum Gasteiger partial charge on any atom is 0.252 e. The predicted octanol–water partition coefficient (Wildman–Crippen LogP) is 2.26. The Morgan fingerprint density at radius 2 is 2.25 bits per heavy atom. The summed E-state index contributed by atoms with van der Waals surface area (Å²) in [6.07, 6.45) is 1.26. The van der Waals surface area contributed by atoms with Crippen LogP contribution in [0.4, 0.5) is 0 Å². The molecule has 2 aromatic heterocycles. The van der Waals surface area contributed by atoms with Gasteiger partial charge in [-0.3, -0.25) is 14.5 Å². The molecule has 0 aliphatic carbocycles. The molecule has 0 unspecified atom stereocenters. The maximum atomic E-state index is 12.8. The van der Waals surface area contributed by atoms with E-state index in [4.69, 9.17) is 4.52 Å². The molecule has 1 fully saturated rings. The molecule has 7 nitrogen and oxygen atoms in total. The number of likely N-dealkylation sites (N-methyl/N-ethyl adjacent to an activating group) is 1. The first-order valence-electron chi connectivity index (χ1n) is 9.78. The lowest BCUT2D eigenvalue weighted by atomic mass is 10.0. The van der Waals surface area contributed by atoms with E-state index < -0.39 is 0 Å². The molecule has 1 saturated heterocycles. The Balaban J connectivity index is 1.41. The highest BCUT2D eigenvalue weighted by molar-refractivity contribution is 7.10. The fourth-order valence-corrected chi connectivity index (χ4v) is 5.22. The van der Waals surface area contributed by atoms with Crippen molar-refractivity contribution >= 4 is 23.2 Å². The molecule has 0 aromatic carbocycles. The minimum absolute atomic E-state index is 0.0487. The van der Waals surface area contributed by atoms with Gasteiger partial charge in [0.2, 0.25) is 5.91 Å². The molecule has 0 bridgehead atoms. The second-order valence-corrected chi connectivity index (χ2v) is 8.59. The van der Waals surface area contributed by atoms with Crippen molar-refractivity contribution in [1.29, 1.82) is 0 Å². The Hall–Kier alpha value is -2.19. The largest absolute Gasteiger partial charge is 0.361 e. The highest BCUT2D eigenvalue weighted by atomic mass is 32.1. The van der Waals surface area contributed by atoms with Gasteiger partial charge in [0.15, 0.2) is 0 Å². The number of hydrogen-bond acceptors (Lipinski definition) is 6. The van der Waals surface area contributed by atoms with Crippen LogP contribution in [0.15, 0.2) is 9.90 Å². The van der Waals surface area contributed by atoms with Crippen LogP contribution >= 0.6 is 11.3 Å². The number of carbonyl (C=O) groups excluding carboxylic acids is 2. The highest BCUT2D eigenvalue weighted by Crippen LogP contribution is 2.30. The lowest BCUT2D eigenvalue weighted by molar-refractivity contribution is -0.127. The molecule has 1 N–H and O–H groups in total. The summed E-state index contributed by atoms with van der Waals surface area (Å²) in [4.78, 5) is 30.1. The van der Waals surface area contributed by atoms with E-state index in [1.165, 1.54) is 4.88 Å². The van der Waals surface area contributed by atoms with E-state index in [2.05, 4.69) is 15.4 Å². The summed E-state index contributed by atoms with van der Waals surface area (Å²) in [6, 6.07) is -0.0878. The topological polar surface area (TPSA) is 78.7 Å². The molecule has 4 heterocycles. The van der Waals surface area contributed by atoms with E-state index in [1.807, 2.05) is 26.2 Å². The molecule has 2 aliphatic rings. The van der Waals surface area contributed by atoms with Gasteiger partial charge in [0, 0.05) is 55.0 Å². The molecule has 0 radical (unpaired) electrons. The van der Waals surface area contributed by atoms with Gasteiger partial charge in [-0.2, -0.15) is 0 Å². The molecule has 1 atom stereocenters. The van der Waals surface area contributed by atoms with Gasteiger partial charge in [-0.15, -0.1) is 11.3 Å². The number of fused-ring (bicyclic) bond motifs is 1. The molecular formula is C20H26N4O3S. The Kier molecular flexibility index (Phi) is 5.25. The number of nitrogens with one attached hydrogen (secondary N) is 1. The number of amides is 2. The molecule has 150 valence electrons. The highest BCUT2D eigenvalue weighted by Gasteiger charge is 2.31. The van der Waals surface area contributed by atoms with E-state index in [9.17, 15) is 9.59 Å². The zero-order valence-electron chi connectivity index (χ0n) is 16.6. The van der Waals surface area contributed by atoms with Crippen LogP contribution in [0.3, 0.4) is 0 Å². The van der Waals surface area contributed by atoms with Gasteiger partial charge >= 0.3 is 0 Å². The average Bonchev–Trinajstić information content (AvgIpc) is 3.34. The van der Waals surface area contributed by atoms with Crippen LogP contribution in [-0.2, 0) is 24.3 Å². The third-order valence-corrected chi connectivity index (χ3v) is 6.78. The summed E-state index contributed by atoms with van der Waals surface area (Å²) < 4.78 is 5.27. The number of aromatic nitrogens is 1. The number of aryl methyl sites for hydroxylation is 2. The second kappa shape index (κ2) is 7.67. The van der Waals surface area contributed by atoms with Crippen LogP contribution in [0.25, 0.3) is 0 Å². The molecular weight excluding hydrogens is 376 g/mol. The molecule has 2 aromatic rings. The molecule has 2 aliphatic heterocycles. The van der Waals surface area contributed by atoms with Crippen molar-refractivity contribution in [1.82, 2.24) is 20.3 Å². The first-order valence-corrected chi connectivity index (χ1v) is 10.7. The summed E-state index contributed by atoms with van der Waals surface area (Å²) in [7, 11) is 0. The Labute approximate surface area is 168 Å². The van der Waals surface area contributed by atoms with Gasteiger partial charge in [-0.05, 0) is 32.8 Å². The Morgan fingerprint density at radius 1 is 1.43 bits per heavy atom. The van der Waals surface area contributed by atoms with Crippen LogP contribution in [0.1, 0.15) is 51.2 Å². The molecule has 0 spiro atoms. The van der Waals surface area contributed by atoms with E-state index in [0.29, 0.717) is 19.5 Å². The van der Waals surface area contributed by atoms with Crippen molar-refractivity contribution in [3.05, 3.63) is 38.4 Å². The monoisotopic (exact) mass is 402 g/mol. The van der Waals surface area contributed by atoms with Crippen molar-refractivity contribution in [2.75, 3.05) is 19.6 Å². The fraction of sp³-hybridized carbons (Fsp3) is 0.550. The van der Waals surface area contributed by atoms with Crippen LogP contribution < -0.4 is 5.32 Å². The van der Waals surface area contributed by atoms with Gasteiger partial charge in [-0.25, -0.2) is 0 Å². The minimum atomic E-state index is -0.0878. The smallest absolute Gasteiger partial charge is 0.252 e. The van der Waals surface area contributed by atoms with Crippen LogP contribution in [0, 0.1) is 13.8 Å². The zero-order chi connectivity index (χ0) is 19.8.